The van der Waals surface area contributed by atoms with E-state index in [0.717, 1.165) is 0 Å². The van der Waals surface area contributed by atoms with Crippen LogP contribution in [-0.4, -0.2) is 12.6 Å². The van der Waals surface area contributed by atoms with E-state index in [0.29, 0.717) is 6.79 Å². The molecular weight excluding hydrogens is 96.0 g/mol. The van der Waals surface area contributed by atoms with Gasteiger partial charge in [-0.15, -0.1) is 0 Å². The van der Waals surface area contributed by atoms with Crippen molar-refractivity contribution in [3.8, 4) is 0 Å². The van der Waals surface area contributed by atoms with Crippen molar-refractivity contribution in [3.63, 3.8) is 0 Å². The van der Waals surface area contributed by atoms with Crippen molar-refractivity contribution in [2.45, 2.75) is 13.8 Å². The first-order valence-corrected chi connectivity index (χ1v) is 1.95. The Morgan fingerprint density at radius 2 is 1.57 bits per heavy atom. The minimum atomic E-state index is 0.167. The van der Waals surface area contributed by atoms with Crippen LogP contribution in [-0.2, 0) is 14.6 Å². The van der Waals surface area contributed by atoms with Crippen LogP contribution in [0.3, 0.4) is 0 Å². The van der Waals surface area contributed by atoms with Crippen molar-refractivity contribution in [2.75, 3.05) is 6.79 Å². The molecule has 0 bridgehead atoms. The summed E-state index contributed by atoms with van der Waals surface area (Å²) in [4.78, 5) is 17.4. The third-order valence-corrected chi connectivity index (χ3v) is 0.118. The fraction of sp³-hybridized carbons (Fsp3) is 0.750. The van der Waals surface area contributed by atoms with Crippen LogP contribution in [0.4, 0.5) is 0 Å². The highest BCUT2D eigenvalue weighted by Crippen LogP contribution is 1.89. The first-order chi connectivity index (χ1) is 3.23. The lowest BCUT2D eigenvalue weighted by molar-refractivity contribution is -0.114. The van der Waals surface area contributed by atoms with E-state index < -0.39 is 0 Å². The van der Waals surface area contributed by atoms with Crippen LogP contribution in [0.15, 0.2) is 0 Å². The van der Waals surface area contributed by atoms with Gasteiger partial charge in [-0.1, -0.05) is 0 Å². The van der Waals surface area contributed by atoms with Gasteiger partial charge in [-0.05, 0) is 13.8 Å². The normalized spacial score (nSPS) is 14.0. The summed E-state index contributed by atoms with van der Waals surface area (Å²) < 4.78 is 0. The molecule has 0 aliphatic carbocycles. The van der Waals surface area contributed by atoms with Crippen LogP contribution >= 0.6 is 0 Å². The lowest BCUT2D eigenvalue weighted by Gasteiger charge is -1.56. The van der Waals surface area contributed by atoms with E-state index in [9.17, 15) is 4.79 Å². The van der Waals surface area contributed by atoms with E-state index in [2.05, 4.69) is 9.78 Å². The molecule has 1 aliphatic rings. The van der Waals surface area contributed by atoms with Gasteiger partial charge in [0.05, 0.1) is 0 Å². The Morgan fingerprint density at radius 3 is 1.57 bits per heavy atom. The van der Waals surface area contributed by atoms with Crippen molar-refractivity contribution in [2.24, 2.45) is 0 Å². The van der Waals surface area contributed by atoms with Crippen molar-refractivity contribution in [3.05, 3.63) is 0 Å². The molecule has 0 radical (unpaired) electrons. The Morgan fingerprint density at radius 1 is 1.43 bits per heavy atom. The third-order valence-electron chi connectivity index (χ3n) is 0.118. The molecule has 1 rings (SSSR count). The molecule has 0 aromatic rings. The Kier molecular flexibility index (Phi) is 3.55. The van der Waals surface area contributed by atoms with Gasteiger partial charge in [-0.25, -0.2) is 9.78 Å². The molecule has 3 heteroatoms. The molecule has 1 heterocycles. The van der Waals surface area contributed by atoms with Gasteiger partial charge in [0.1, 0.15) is 5.78 Å². The van der Waals surface area contributed by atoms with E-state index in [1.165, 1.54) is 13.8 Å². The monoisotopic (exact) mass is 104 g/mol. The van der Waals surface area contributed by atoms with Crippen molar-refractivity contribution >= 4 is 5.78 Å². The van der Waals surface area contributed by atoms with E-state index in [4.69, 9.17) is 0 Å². The van der Waals surface area contributed by atoms with Gasteiger partial charge in [0.15, 0.2) is 0 Å². The minimum Gasteiger partial charge on any atom is -0.300 e. The van der Waals surface area contributed by atoms with Gasteiger partial charge in [0.2, 0.25) is 6.79 Å². The Labute approximate surface area is 42.2 Å². The molecule has 1 fully saturated rings. The van der Waals surface area contributed by atoms with E-state index >= 15 is 0 Å². The summed E-state index contributed by atoms with van der Waals surface area (Å²) in [5.74, 6) is 0.167. The topological polar surface area (TPSA) is 42.1 Å². The van der Waals surface area contributed by atoms with Crippen LogP contribution in [0.1, 0.15) is 13.8 Å². The Balaban J connectivity index is 0.000000105. The van der Waals surface area contributed by atoms with Gasteiger partial charge >= 0.3 is 0 Å². The molecule has 0 atom stereocenters. The van der Waals surface area contributed by atoms with Gasteiger partial charge in [-0.2, -0.15) is 0 Å². The van der Waals surface area contributed by atoms with Gasteiger partial charge in [0, 0.05) is 0 Å². The fourth-order valence-corrected chi connectivity index (χ4v) is 0. The molecule has 42 valence electrons. The van der Waals surface area contributed by atoms with Gasteiger partial charge in [0.25, 0.3) is 0 Å². The lowest BCUT2D eigenvalue weighted by atomic mass is 10.6. The molecule has 0 aromatic heterocycles. The third kappa shape index (κ3) is 207. The fourth-order valence-electron chi connectivity index (χ4n) is 0. The maximum atomic E-state index is 9.44. The average molecular weight is 104 g/mol. The molecule has 0 spiro atoms. The minimum absolute atomic E-state index is 0.167. The molecular formula is C4H8O3. The van der Waals surface area contributed by atoms with Crippen LogP contribution in [0.25, 0.3) is 0 Å². The predicted molar refractivity (Wildman–Crippen MR) is 23.4 cm³/mol. The second kappa shape index (κ2) is 3.77. The number of carbonyl (C=O) groups excluding carboxylic acids is 1. The SMILES string of the molecule is C1OO1.CC(C)=O. The first-order valence-electron chi connectivity index (χ1n) is 1.95. The van der Waals surface area contributed by atoms with E-state index in [1.807, 2.05) is 0 Å². The second-order valence-corrected chi connectivity index (χ2v) is 1.26. The highest BCUT2D eigenvalue weighted by molar-refractivity contribution is 5.72. The standard InChI is InChI=1S/C3H6O.CH2O2/c1-3(2)4;1-2-3-1/h1-2H3;1H2. The average Bonchev–Trinajstić information content (AvgIpc) is 2.02. The molecule has 7 heavy (non-hydrogen) atoms. The lowest BCUT2D eigenvalue weighted by Crippen LogP contribution is -1.69. The van der Waals surface area contributed by atoms with E-state index in [1.54, 1.807) is 0 Å². The van der Waals surface area contributed by atoms with Crippen molar-refractivity contribution < 1.29 is 14.6 Å². The van der Waals surface area contributed by atoms with E-state index in [-0.39, 0.29) is 5.78 Å². The Bertz CT molecular complexity index is 51.2. The van der Waals surface area contributed by atoms with Gasteiger partial charge < -0.3 is 4.79 Å². The molecule has 0 N–H and O–H groups in total. The molecule has 3 nitrogen and oxygen atoms in total. The van der Waals surface area contributed by atoms with Crippen LogP contribution < -0.4 is 0 Å². The number of hydrogen-bond donors (Lipinski definition) is 0. The van der Waals surface area contributed by atoms with Crippen molar-refractivity contribution in [1.29, 1.82) is 0 Å². The quantitative estimate of drug-likeness (QED) is 0.332. The largest absolute Gasteiger partial charge is 0.300 e. The summed E-state index contributed by atoms with van der Waals surface area (Å²) >= 11 is 0. The number of Topliss-reactive ketones (excluding diaryl/α,β-unsaturated/α-hetero) is 1. The summed E-state index contributed by atoms with van der Waals surface area (Å²) in [6.07, 6.45) is 0. The maximum absolute atomic E-state index is 9.44. The Hall–Kier alpha value is -0.410. The van der Waals surface area contributed by atoms with Crippen LogP contribution in [0, 0.1) is 0 Å². The van der Waals surface area contributed by atoms with Crippen LogP contribution in [0.5, 0.6) is 0 Å². The summed E-state index contributed by atoms with van der Waals surface area (Å²) in [5, 5.41) is 0. The number of carbonyl (C=O) groups is 1. The highest BCUT2D eigenvalue weighted by Gasteiger charge is 1.95. The highest BCUT2D eigenvalue weighted by atomic mass is 17.4. The zero-order valence-corrected chi connectivity index (χ0v) is 4.43. The molecule has 0 unspecified atom stereocenters. The molecule has 1 saturated heterocycles. The van der Waals surface area contributed by atoms with Crippen LogP contribution in [0.2, 0.25) is 0 Å². The molecule has 0 saturated carbocycles. The summed E-state index contributed by atoms with van der Waals surface area (Å²) in [7, 11) is 0. The zero-order chi connectivity index (χ0) is 5.70. The first kappa shape index (κ1) is 6.59. The second-order valence-electron chi connectivity index (χ2n) is 1.26. The molecule has 0 aromatic carbocycles. The summed E-state index contributed by atoms with van der Waals surface area (Å²) in [6.45, 7) is 3.56. The smallest absolute Gasteiger partial charge is 0.214 e. The summed E-state index contributed by atoms with van der Waals surface area (Å²) in [6, 6.07) is 0. The van der Waals surface area contributed by atoms with Gasteiger partial charge in [-0.3, -0.25) is 0 Å². The number of rotatable bonds is 0. The maximum Gasteiger partial charge on any atom is 0.214 e. The predicted octanol–water partition coefficient (Wildman–Crippen LogP) is 0.501. The number of ketones is 1. The number of hydrogen-bond acceptors (Lipinski definition) is 3. The molecule has 0 amide bonds. The van der Waals surface area contributed by atoms with Crippen molar-refractivity contribution in [1.82, 2.24) is 0 Å². The summed E-state index contributed by atoms with van der Waals surface area (Å²) in [5.41, 5.74) is 0. The molecule has 1 aliphatic heterocycles. The zero-order valence-electron chi connectivity index (χ0n) is 4.43.